The van der Waals surface area contributed by atoms with E-state index in [0.717, 1.165) is 53.2 Å². The molecular weight excluding hydrogens is 484 g/mol. The number of carbonyl (C=O) groups is 1. The highest BCUT2D eigenvalue weighted by Gasteiger charge is 2.25. The lowest BCUT2D eigenvalue weighted by Gasteiger charge is -2.34. The van der Waals surface area contributed by atoms with Crippen LogP contribution in [0.5, 0.6) is 5.75 Å². The van der Waals surface area contributed by atoms with Crippen molar-refractivity contribution >= 4 is 39.7 Å². The Labute approximate surface area is 213 Å². The first kappa shape index (κ1) is 23.9. The van der Waals surface area contributed by atoms with Gasteiger partial charge in [0.15, 0.2) is 5.76 Å². The standard InChI is InChI=1S/C26H29ClN4O3S/c1-16(2)30-11-9-17(10-12-30)28-26(32)21-14-19-20(5-4-6-22(19)33-3)31(21)15-18-13-23(34-29-18)24-7-8-25(27)35-24/h4-8,13-14,16-17H,9-12,15H2,1-3H3,(H,28,32). The van der Waals surface area contributed by atoms with Gasteiger partial charge in [-0.15, -0.1) is 11.3 Å². The lowest BCUT2D eigenvalue weighted by Crippen LogP contribution is -2.46. The maximum atomic E-state index is 13.5. The molecule has 0 aliphatic carbocycles. The van der Waals surface area contributed by atoms with Crippen LogP contribution >= 0.6 is 22.9 Å². The molecule has 0 saturated carbocycles. The Hall–Kier alpha value is -2.81. The average molecular weight is 513 g/mol. The van der Waals surface area contributed by atoms with Gasteiger partial charge in [0, 0.05) is 36.6 Å². The van der Waals surface area contributed by atoms with Crippen LogP contribution in [0.2, 0.25) is 4.34 Å². The second-order valence-corrected chi connectivity index (χ2v) is 10.9. The van der Waals surface area contributed by atoms with E-state index in [1.165, 1.54) is 11.3 Å². The zero-order valence-corrected chi connectivity index (χ0v) is 21.7. The van der Waals surface area contributed by atoms with Gasteiger partial charge in [-0.1, -0.05) is 22.8 Å². The van der Waals surface area contributed by atoms with Gasteiger partial charge in [-0.25, -0.2) is 0 Å². The second-order valence-electron chi connectivity index (χ2n) is 9.17. The molecule has 1 N–H and O–H groups in total. The third-order valence-corrected chi connectivity index (χ3v) is 7.89. The third-order valence-electron chi connectivity index (χ3n) is 6.65. The van der Waals surface area contributed by atoms with Crippen molar-refractivity contribution < 1.29 is 14.1 Å². The van der Waals surface area contributed by atoms with Crippen molar-refractivity contribution in [2.24, 2.45) is 0 Å². The Morgan fingerprint density at radius 3 is 2.74 bits per heavy atom. The fourth-order valence-electron chi connectivity index (χ4n) is 4.72. The van der Waals surface area contributed by atoms with Gasteiger partial charge in [0.1, 0.15) is 17.1 Å². The highest BCUT2D eigenvalue weighted by molar-refractivity contribution is 7.19. The summed E-state index contributed by atoms with van der Waals surface area (Å²) in [5.74, 6) is 1.31. The van der Waals surface area contributed by atoms with Gasteiger partial charge < -0.3 is 24.0 Å². The Bertz CT molecular complexity index is 1330. The number of rotatable bonds is 7. The van der Waals surface area contributed by atoms with E-state index in [9.17, 15) is 4.79 Å². The molecule has 0 bridgehead atoms. The molecule has 1 aliphatic heterocycles. The van der Waals surface area contributed by atoms with Crippen LogP contribution in [0.3, 0.4) is 0 Å². The Morgan fingerprint density at radius 1 is 1.26 bits per heavy atom. The minimum absolute atomic E-state index is 0.0833. The van der Waals surface area contributed by atoms with Crippen LogP contribution in [-0.4, -0.2) is 52.8 Å². The molecule has 1 aliphatic rings. The summed E-state index contributed by atoms with van der Waals surface area (Å²) in [4.78, 5) is 16.9. The monoisotopic (exact) mass is 512 g/mol. The van der Waals surface area contributed by atoms with E-state index in [1.807, 2.05) is 47.0 Å². The molecule has 1 saturated heterocycles. The van der Waals surface area contributed by atoms with Crippen molar-refractivity contribution in [1.29, 1.82) is 0 Å². The summed E-state index contributed by atoms with van der Waals surface area (Å²) in [6.45, 7) is 6.82. The first-order chi connectivity index (χ1) is 16.9. The molecular formula is C26H29ClN4O3S. The molecule has 35 heavy (non-hydrogen) atoms. The van der Waals surface area contributed by atoms with E-state index in [2.05, 4.69) is 29.2 Å². The fourth-order valence-corrected chi connectivity index (χ4v) is 5.72. The summed E-state index contributed by atoms with van der Waals surface area (Å²) in [6, 6.07) is 14.1. The van der Waals surface area contributed by atoms with Crippen molar-refractivity contribution in [3.05, 3.63) is 58.2 Å². The number of benzene rings is 1. The zero-order chi connectivity index (χ0) is 24.5. The Balaban J connectivity index is 1.43. The molecule has 4 heterocycles. The molecule has 0 unspecified atom stereocenters. The molecule has 0 radical (unpaired) electrons. The maximum absolute atomic E-state index is 13.5. The number of likely N-dealkylation sites (tertiary alicyclic amines) is 1. The first-order valence-corrected chi connectivity index (χ1v) is 13.0. The summed E-state index contributed by atoms with van der Waals surface area (Å²) in [5.41, 5.74) is 2.22. The molecule has 3 aromatic heterocycles. The van der Waals surface area contributed by atoms with Gasteiger partial charge in [-0.3, -0.25) is 4.79 Å². The minimum atomic E-state index is -0.0833. The molecule has 0 spiro atoms. The molecule has 0 atom stereocenters. The molecule has 9 heteroatoms. The topological polar surface area (TPSA) is 72.5 Å². The molecule has 184 valence electrons. The Kier molecular flexibility index (Phi) is 6.86. The van der Waals surface area contributed by atoms with Crippen LogP contribution in [0, 0.1) is 0 Å². The van der Waals surface area contributed by atoms with Crippen molar-refractivity contribution in [2.75, 3.05) is 20.2 Å². The SMILES string of the molecule is COc1cccc2c1cc(C(=O)NC1CCN(C(C)C)CC1)n2Cc1cc(-c2ccc(Cl)s2)on1. The summed E-state index contributed by atoms with van der Waals surface area (Å²) >= 11 is 7.52. The molecule has 1 amide bonds. The van der Waals surface area contributed by atoms with Crippen molar-refractivity contribution in [2.45, 2.75) is 45.3 Å². The average Bonchev–Trinajstić information content (AvgIpc) is 3.58. The van der Waals surface area contributed by atoms with Gasteiger partial charge in [-0.2, -0.15) is 0 Å². The largest absolute Gasteiger partial charge is 0.496 e. The van der Waals surface area contributed by atoms with E-state index in [0.29, 0.717) is 28.4 Å². The summed E-state index contributed by atoms with van der Waals surface area (Å²) in [7, 11) is 1.64. The fraction of sp³-hybridized carbons (Fsp3) is 0.385. The molecule has 1 fully saturated rings. The predicted octanol–water partition coefficient (Wildman–Crippen LogP) is 5.67. The number of nitrogens with zero attached hydrogens (tertiary/aromatic N) is 3. The number of nitrogens with one attached hydrogen (secondary N) is 1. The van der Waals surface area contributed by atoms with E-state index >= 15 is 0 Å². The van der Waals surface area contributed by atoms with Crippen molar-refractivity contribution in [3.8, 4) is 16.4 Å². The number of piperidine rings is 1. The van der Waals surface area contributed by atoms with Crippen LogP contribution in [-0.2, 0) is 6.54 Å². The maximum Gasteiger partial charge on any atom is 0.268 e. The highest BCUT2D eigenvalue weighted by atomic mass is 35.5. The predicted molar refractivity (Wildman–Crippen MR) is 140 cm³/mol. The molecule has 1 aromatic carbocycles. The molecule has 5 rings (SSSR count). The van der Waals surface area contributed by atoms with Crippen molar-refractivity contribution in [3.63, 3.8) is 0 Å². The first-order valence-electron chi connectivity index (χ1n) is 11.9. The molecule has 4 aromatic rings. The van der Waals surface area contributed by atoms with E-state index in [4.69, 9.17) is 20.9 Å². The number of fused-ring (bicyclic) bond motifs is 1. The number of hydrogen-bond donors (Lipinski definition) is 1. The summed E-state index contributed by atoms with van der Waals surface area (Å²) in [6.07, 6.45) is 1.90. The lowest BCUT2D eigenvalue weighted by molar-refractivity contribution is 0.0892. The molecule has 7 nitrogen and oxygen atoms in total. The smallest absolute Gasteiger partial charge is 0.268 e. The third kappa shape index (κ3) is 4.96. The highest BCUT2D eigenvalue weighted by Crippen LogP contribution is 2.33. The number of halogens is 1. The number of amides is 1. The summed E-state index contributed by atoms with van der Waals surface area (Å²) in [5, 5.41) is 8.43. The summed E-state index contributed by atoms with van der Waals surface area (Å²) < 4.78 is 13.8. The number of ether oxygens (including phenoxy) is 1. The van der Waals surface area contributed by atoms with Crippen molar-refractivity contribution in [1.82, 2.24) is 19.9 Å². The minimum Gasteiger partial charge on any atom is -0.496 e. The second kappa shape index (κ2) is 10.0. The van der Waals surface area contributed by atoms with Gasteiger partial charge in [0.25, 0.3) is 5.91 Å². The quantitative estimate of drug-likeness (QED) is 0.345. The normalized spacial score (nSPS) is 15.2. The van der Waals surface area contributed by atoms with E-state index < -0.39 is 0 Å². The number of carbonyl (C=O) groups excluding carboxylic acids is 1. The Morgan fingerprint density at radius 2 is 2.06 bits per heavy atom. The number of hydrogen-bond acceptors (Lipinski definition) is 6. The van der Waals surface area contributed by atoms with Crippen LogP contribution in [0.15, 0.2) is 47.0 Å². The van der Waals surface area contributed by atoms with Crippen LogP contribution in [0.1, 0.15) is 42.9 Å². The van der Waals surface area contributed by atoms with Gasteiger partial charge >= 0.3 is 0 Å². The van der Waals surface area contributed by atoms with E-state index in [-0.39, 0.29) is 11.9 Å². The van der Waals surface area contributed by atoms with Gasteiger partial charge in [0.2, 0.25) is 0 Å². The number of aromatic nitrogens is 2. The van der Waals surface area contributed by atoms with Crippen LogP contribution < -0.4 is 10.1 Å². The van der Waals surface area contributed by atoms with Crippen LogP contribution in [0.4, 0.5) is 0 Å². The van der Waals surface area contributed by atoms with Gasteiger partial charge in [-0.05, 0) is 57.0 Å². The van der Waals surface area contributed by atoms with Crippen LogP contribution in [0.25, 0.3) is 21.5 Å². The van der Waals surface area contributed by atoms with Gasteiger partial charge in [0.05, 0.1) is 28.4 Å². The zero-order valence-electron chi connectivity index (χ0n) is 20.1. The number of thiophene rings is 1. The lowest BCUT2D eigenvalue weighted by atomic mass is 10.0. The van der Waals surface area contributed by atoms with E-state index in [1.54, 1.807) is 7.11 Å². The number of methoxy groups -OCH3 is 1.